The number of benzene rings is 1. The summed E-state index contributed by atoms with van der Waals surface area (Å²) in [6.07, 6.45) is 1.70. The molecule has 0 amide bonds. The number of nitrogens with zero attached hydrogens (tertiary/aromatic N) is 1. The predicted molar refractivity (Wildman–Crippen MR) is 85.5 cm³/mol. The summed E-state index contributed by atoms with van der Waals surface area (Å²) in [7, 11) is -1.46. The van der Waals surface area contributed by atoms with Crippen LogP contribution in [0.25, 0.3) is 0 Å². The second-order valence-corrected chi connectivity index (χ2v) is 7.90. The lowest BCUT2D eigenvalue weighted by Crippen LogP contribution is -2.24. The molecule has 0 bridgehead atoms. The van der Waals surface area contributed by atoms with Gasteiger partial charge in [-0.3, -0.25) is 0 Å². The summed E-state index contributed by atoms with van der Waals surface area (Å²) in [5.74, 6) is -0.00931. The van der Waals surface area contributed by atoms with Gasteiger partial charge >= 0.3 is 0 Å². The van der Waals surface area contributed by atoms with Crippen molar-refractivity contribution >= 4 is 21.4 Å². The van der Waals surface area contributed by atoms with Gasteiger partial charge in [-0.2, -0.15) is 0 Å². The monoisotopic (exact) mass is 325 g/mol. The fourth-order valence-electron chi connectivity index (χ4n) is 1.90. The Balaban J connectivity index is 1.93. The quantitative estimate of drug-likeness (QED) is 0.814. The second-order valence-electron chi connectivity index (χ2n) is 4.77. The molecule has 5 nitrogen and oxygen atoms in total. The van der Waals surface area contributed by atoms with Gasteiger partial charge in [-0.25, -0.2) is 18.1 Å². The third kappa shape index (κ3) is 5.20. The number of rotatable bonds is 7. The highest BCUT2D eigenvalue weighted by Crippen LogP contribution is 2.12. The Bertz CT molecular complexity index is 678. The molecule has 0 saturated heterocycles. The minimum absolute atomic E-state index is 0.00931. The van der Waals surface area contributed by atoms with E-state index in [2.05, 4.69) is 15.0 Å². The lowest BCUT2D eigenvalue weighted by molar-refractivity contribution is 0.581. The van der Waals surface area contributed by atoms with E-state index in [0.717, 1.165) is 27.6 Å². The van der Waals surface area contributed by atoms with Crippen LogP contribution in [0.1, 0.15) is 21.0 Å². The van der Waals surface area contributed by atoms with Crippen molar-refractivity contribution in [3.8, 4) is 0 Å². The largest absolute Gasteiger partial charge is 0.316 e. The van der Waals surface area contributed by atoms with Crippen molar-refractivity contribution in [1.82, 2.24) is 15.0 Å². The molecule has 2 rings (SSSR count). The van der Waals surface area contributed by atoms with E-state index in [1.54, 1.807) is 6.20 Å². The Kier molecular flexibility index (Phi) is 5.46. The molecule has 1 heterocycles. The van der Waals surface area contributed by atoms with E-state index in [1.807, 2.05) is 38.2 Å². The van der Waals surface area contributed by atoms with E-state index in [4.69, 9.17) is 0 Å². The SMILES string of the molecule is CNCc1ccc(CS(=O)(=O)NCc2cnc(C)s2)cc1. The van der Waals surface area contributed by atoms with E-state index < -0.39 is 10.0 Å². The maximum atomic E-state index is 12.1. The molecule has 0 aliphatic rings. The molecule has 21 heavy (non-hydrogen) atoms. The molecule has 7 heteroatoms. The molecule has 2 aromatic rings. The summed E-state index contributed by atoms with van der Waals surface area (Å²) >= 11 is 1.50. The van der Waals surface area contributed by atoms with Crippen molar-refractivity contribution in [3.63, 3.8) is 0 Å². The van der Waals surface area contributed by atoms with Crippen molar-refractivity contribution in [1.29, 1.82) is 0 Å². The zero-order valence-corrected chi connectivity index (χ0v) is 13.7. The van der Waals surface area contributed by atoms with Gasteiger partial charge < -0.3 is 5.32 Å². The van der Waals surface area contributed by atoms with Crippen LogP contribution in [-0.4, -0.2) is 20.4 Å². The van der Waals surface area contributed by atoms with E-state index >= 15 is 0 Å². The minimum Gasteiger partial charge on any atom is -0.316 e. The molecule has 0 aliphatic carbocycles. The van der Waals surface area contributed by atoms with E-state index in [-0.39, 0.29) is 5.75 Å². The van der Waals surface area contributed by atoms with Gasteiger partial charge in [0.05, 0.1) is 10.8 Å². The molecular weight excluding hydrogens is 306 g/mol. The number of aryl methyl sites for hydroxylation is 1. The van der Waals surface area contributed by atoms with Gasteiger partial charge in [-0.05, 0) is 25.1 Å². The van der Waals surface area contributed by atoms with Gasteiger partial charge in [-0.15, -0.1) is 11.3 Å². The Morgan fingerprint density at radius 3 is 2.38 bits per heavy atom. The molecule has 0 radical (unpaired) electrons. The van der Waals surface area contributed by atoms with Crippen LogP contribution in [0.3, 0.4) is 0 Å². The Morgan fingerprint density at radius 1 is 1.14 bits per heavy atom. The molecule has 0 unspecified atom stereocenters. The standard InChI is InChI=1S/C14H19N3O2S2/c1-11-16-8-14(20-11)9-17-21(18,19)10-13-5-3-12(4-6-13)7-15-2/h3-6,8,15,17H,7,9-10H2,1-2H3. The summed E-state index contributed by atoms with van der Waals surface area (Å²) in [5.41, 5.74) is 1.91. The Morgan fingerprint density at radius 2 is 1.81 bits per heavy atom. The summed E-state index contributed by atoms with van der Waals surface area (Å²) < 4.78 is 26.7. The van der Waals surface area contributed by atoms with Gasteiger partial charge in [0.1, 0.15) is 0 Å². The van der Waals surface area contributed by atoms with Crippen LogP contribution >= 0.6 is 11.3 Å². The number of aromatic nitrogens is 1. The highest BCUT2D eigenvalue weighted by atomic mass is 32.2. The first kappa shape index (κ1) is 16.1. The van der Waals surface area contributed by atoms with Crippen LogP contribution in [0.15, 0.2) is 30.5 Å². The van der Waals surface area contributed by atoms with Gasteiger partial charge in [-0.1, -0.05) is 24.3 Å². The van der Waals surface area contributed by atoms with Crippen LogP contribution in [0.5, 0.6) is 0 Å². The molecule has 0 saturated carbocycles. The summed E-state index contributed by atoms with van der Waals surface area (Å²) in [4.78, 5) is 5.02. The van der Waals surface area contributed by atoms with Crippen molar-refractivity contribution in [2.45, 2.75) is 25.8 Å². The fourth-order valence-corrected chi connectivity index (χ4v) is 3.83. The number of thiazole rings is 1. The fraction of sp³-hybridized carbons (Fsp3) is 0.357. The first-order valence-electron chi connectivity index (χ1n) is 6.59. The molecule has 0 spiro atoms. The van der Waals surface area contributed by atoms with Gasteiger partial charge in [0.25, 0.3) is 0 Å². The normalized spacial score (nSPS) is 11.7. The van der Waals surface area contributed by atoms with Crippen LogP contribution in [0.4, 0.5) is 0 Å². The maximum absolute atomic E-state index is 12.1. The molecule has 0 aliphatic heterocycles. The molecule has 114 valence electrons. The average molecular weight is 325 g/mol. The number of nitrogens with one attached hydrogen (secondary N) is 2. The summed E-state index contributed by atoms with van der Waals surface area (Å²) in [5, 5.41) is 3.99. The zero-order chi connectivity index (χ0) is 15.3. The average Bonchev–Trinajstić information content (AvgIpc) is 2.85. The van der Waals surface area contributed by atoms with Crippen molar-refractivity contribution in [2.75, 3.05) is 7.05 Å². The molecule has 0 fully saturated rings. The van der Waals surface area contributed by atoms with Gasteiger partial charge in [0.15, 0.2) is 0 Å². The van der Waals surface area contributed by atoms with Crippen LogP contribution < -0.4 is 10.0 Å². The molecule has 1 aromatic carbocycles. The van der Waals surface area contributed by atoms with Gasteiger partial charge in [0.2, 0.25) is 10.0 Å². The zero-order valence-electron chi connectivity index (χ0n) is 12.1. The second kappa shape index (κ2) is 7.13. The van der Waals surface area contributed by atoms with Crippen LogP contribution in [0.2, 0.25) is 0 Å². The molecule has 1 aromatic heterocycles. The van der Waals surface area contributed by atoms with Crippen LogP contribution in [-0.2, 0) is 28.9 Å². The minimum atomic E-state index is -3.34. The summed E-state index contributed by atoms with van der Waals surface area (Å²) in [6, 6.07) is 7.58. The highest BCUT2D eigenvalue weighted by molar-refractivity contribution is 7.88. The van der Waals surface area contributed by atoms with Crippen molar-refractivity contribution < 1.29 is 8.42 Å². The molecular formula is C14H19N3O2S2. The van der Waals surface area contributed by atoms with E-state index in [0.29, 0.717) is 6.54 Å². The highest BCUT2D eigenvalue weighted by Gasteiger charge is 2.12. The lowest BCUT2D eigenvalue weighted by atomic mass is 10.1. The van der Waals surface area contributed by atoms with E-state index in [9.17, 15) is 8.42 Å². The van der Waals surface area contributed by atoms with E-state index in [1.165, 1.54) is 11.3 Å². The molecule has 0 atom stereocenters. The number of hydrogen-bond donors (Lipinski definition) is 2. The molecule has 2 N–H and O–H groups in total. The summed E-state index contributed by atoms with van der Waals surface area (Å²) in [6.45, 7) is 2.97. The lowest BCUT2D eigenvalue weighted by Gasteiger charge is -2.06. The number of hydrogen-bond acceptors (Lipinski definition) is 5. The first-order valence-corrected chi connectivity index (χ1v) is 9.06. The third-order valence-electron chi connectivity index (χ3n) is 2.90. The van der Waals surface area contributed by atoms with Crippen molar-refractivity contribution in [2.24, 2.45) is 0 Å². The Hall–Kier alpha value is -1.28. The third-order valence-corrected chi connectivity index (χ3v) is 5.11. The predicted octanol–water partition coefficient (Wildman–Crippen LogP) is 1.79. The smallest absolute Gasteiger partial charge is 0.216 e. The topological polar surface area (TPSA) is 71.1 Å². The Labute approximate surface area is 129 Å². The maximum Gasteiger partial charge on any atom is 0.216 e. The van der Waals surface area contributed by atoms with Crippen molar-refractivity contribution in [3.05, 3.63) is 51.5 Å². The first-order chi connectivity index (χ1) is 9.98. The van der Waals surface area contributed by atoms with Crippen LogP contribution in [0, 0.1) is 6.92 Å². The van der Waals surface area contributed by atoms with Gasteiger partial charge in [0, 0.05) is 24.2 Å². The number of sulfonamides is 1.